The van der Waals surface area contributed by atoms with Crippen LogP contribution in [0.25, 0.3) is 6.08 Å². The van der Waals surface area contributed by atoms with Crippen molar-refractivity contribution in [3.63, 3.8) is 0 Å². The molecule has 1 aliphatic heterocycles. The second-order valence-corrected chi connectivity index (χ2v) is 7.75. The number of carbonyl (C=O) groups excluding carboxylic acids is 3. The van der Waals surface area contributed by atoms with Gasteiger partial charge in [0.2, 0.25) is 0 Å². The van der Waals surface area contributed by atoms with E-state index in [1.807, 2.05) is 18.2 Å². The fourth-order valence-corrected chi connectivity index (χ4v) is 3.63. The number of carbonyl (C=O) groups is 3. The van der Waals surface area contributed by atoms with Crippen LogP contribution in [0.3, 0.4) is 0 Å². The third-order valence-electron chi connectivity index (χ3n) is 5.01. The van der Waals surface area contributed by atoms with E-state index in [2.05, 4.69) is 27.7 Å². The van der Waals surface area contributed by atoms with Crippen LogP contribution in [-0.2, 0) is 4.79 Å². The Kier molecular flexibility index (Phi) is 5.32. The third kappa shape index (κ3) is 3.31. The van der Waals surface area contributed by atoms with Crippen molar-refractivity contribution in [3.05, 3.63) is 70.3 Å². The van der Waals surface area contributed by atoms with Crippen LogP contribution in [0, 0.1) is 0 Å². The Bertz CT molecular complexity index is 973. The van der Waals surface area contributed by atoms with Crippen LogP contribution in [0.15, 0.2) is 42.5 Å². The van der Waals surface area contributed by atoms with E-state index in [1.54, 1.807) is 24.3 Å². The molecular formula is C24H25NO3. The van der Waals surface area contributed by atoms with E-state index in [9.17, 15) is 14.4 Å². The predicted octanol–water partition coefficient (Wildman–Crippen LogP) is 5.34. The van der Waals surface area contributed by atoms with E-state index in [4.69, 9.17) is 0 Å². The number of imide groups is 1. The fourth-order valence-electron chi connectivity index (χ4n) is 3.63. The number of allylic oxidation sites excluding steroid dienone is 1. The second-order valence-electron chi connectivity index (χ2n) is 7.75. The Labute approximate surface area is 165 Å². The van der Waals surface area contributed by atoms with E-state index >= 15 is 0 Å². The highest BCUT2D eigenvalue weighted by molar-refractivity contribution is 6.35. The first-order valence-corrected chi connectivity index (χ1v) is 9.57. The molecule has 1 aliphatic rings. The highest BCUT2D eigenvalue weighted by atomic mass is 16.2. The van der Waals surface area contributed by atoms with Gasteiger partial charge in [0.05, 0.1) is 16.8 Å². The second kappa shape index (κ2) is 7.55. The van der Waals surface area contributed by atoms with Crippen LogP contribution in [0.4, 0.5) is 5.69 Å². The molecule has 0 unspecified atom stereocenters. The monoisotopic (exact) mass is 375 g/mol. The Morgan fingerprint density at radius 3 is 2.00 bits per heavy atom. The van der Waals surface area contributed by atoms with Crippen LogP contribution in [0.2, 0.25) is 0 Å². The molecule has 0 saturated carbocycles. The Hall–Kier alpha value is -3.01. The molecule has 144 valence electrons. The highest BCUT2D eigenvalue weighted by Crippen LogP contribution is 2.40. The topological polar surface area (TPSA) is 54.5 Å². The molecule has 4 heteroatoms. The van der Waals surface area contributed by atoms with Gasteiger partial charge in [-0.05, 0) is 47.6 Å². The summed E-state index contributed by atoms with van der Waals surface area (Å²) >= 11 is 0. The number of hydrogen-bond acceptors (Lipinski definition) is 3. The zero-order valence-electron chi connectivity index (χ0n) is 16.9. The summed E-state index contributed by atoms with van der Waals surface area (Å²) < 4.78 is 0. The van der Waals surface area contributed by atoms with Gasteiger partial charge in [0.25, 0.3) is 11.8 Å². The molecule has 3 rings (SSSR count). The van der Waals surface area contributed by atoms with Crippen LogP contribution >= 0.6 is 0 Å². The zero-order valence-corrected chi connectivity index (χ0v) is 16.9. The first-order chi connectivity index (χ1) is 13.2. The SMILES string of the molecule is CC(=O)/C=C/c1cccc2c1C(=O)N(c1c(C(C)C)cccc1C(C)C)C2=O. The summed E-state index contributed by atoms with van der Waals surface area (Å²) in [6, 6.07) is 11.1. The van der Waals surface area contributed by atoms with Crippen molar-refractivity contribution in [2.45, 2.75) is 46.5 Å². The molecule has 2 aromatic carbocycles. The van der Waals surface area contributed by atoms with Crippen molar-refractivity contribution in [2.75, 3.05) is 4.90 Å². The molecule has 1 heterocycles. The lowest BCUT2D eigenvalue weighted by Crippen LogP contribution is -2.32. The third-order valence-corrected chi connectivity index (χ3v) is 5.01. The van der Waals surface area contributed by atoms with Gasteiger partial charge in [0, 0.05) is 0 Å². The molecule has 0 radical (unpaired) electrons. The van der Waals surface area contributed by atoms with Crippen LogP contribution in [-0.4, -0.2) is 17.6 Å². The number of ketones is 1. The van der Waals surface area contributed by atoms with Crippen molar-refractivity contribution in [1.29, 1.82) is 0 Å². The van der Waals surface area contributed by atoms with Crippen LogP contribution < -0.4 is 4.90 Å². The first-order valence-electron chi connectivity index (χ1n) is 9.57. The number of nitrogens with zero attached hydrogens (tertiary/aromatic N) is 1. The highest BCUT2D eigenvalue weighted by Gasteiger charge is 2.40. The number of hydrogen-bond donors (Lipinski definition) is 0. The molecule has 2 aromatic rings. The van der Waals surface area contributed by atoms with E-state index in [0.717, 1.165) is 11.1 Å². The Morgan fingerprint density at radius 2 is 1.46 bits per heavy atom. The maximum atomic E-state index is 13.4. The number of rotatable bonds is 5. The molecule has 2 amide bonds. The molecule has 28 heavy (non-hydrogen) atoms. The molecule has 0 aromatic heterocycles. The van der Waals surface area contributed by atoms with Gasteiger partial charge in [-0.1, -0.05) is 64.1 Å². The number of amides is 2. The largest absolute Gasteiger partial charge is 0.295 e. The van der Waals surface area contributed by atoms with Gasteiger partial charge in [-0.2, -0.15) is 0 Å². The molecule has 0 spiro atoms. The lowest BCUT2D eigenvalue weighted by Gasteiger charge is -2.25. The van der Waals surface area contributed by atoms with Gasteiger partial charge in [0.1, 0.15) is 0 Å². The first kappa shape index (κ1) is 19.7. The molecular weight excluding hydrogens is 350 g/mol. The summed E-state index contributed by atoms with van der Waals surface area (Å²) in [5.41, 5.74) is 3.96. The molecule has 0 N–H and O–H groups in total. The summed E-state index contributed by atoms with van der Waals surface area (Å²) in [6.07, 6.45) is 3.02. The predicted molar refractivity (Wildman–Crippen MR) is 112 cm³/mol. The van der Waals surface area contributed by atoms with Crippen molar-refractivity contribution in [2.24, 2.45) is 0 Å². The van der Waals surface area contributed by atoms with Crippen LogP contribution in [0.1, 0.15) is 83.9 Å². The minimum atomic E-state index is -0.334. The fraction of sp³-hybridized carbons (Fsp3) is 0.292. The van der Waals surface area contributed by atoms with Gasteiger partial charge in [-0.25, -0.2) is 4.90 Å². The average Bonchev–Trinajstić information content (AvgIpc) is 2.90. The number of anilines is 1. The zero-order chi connectivity index (χ0) is 20.6. The Balaban J connectivity index is 2.22. The normalized spacial score (nSPS) is 13.9. The number of para-hydroxylation sites is 1. The van der Waals surface area contributed by atoms with Crippen molar-refractivity contribution in [3.8, 4) is 0 Å². The maximum Gasteiger partial charge on any atom is 0.266 e. The van der Waals surface area contributed by atoms with Gasteiger partial charge in [0.15, 0.2) is 5.78 Å². The minimum Gasteiger partial charge on any atom is -0.295 e. The molecule has 0 fully saturated rings. The summed E-state index contributed by atoms with van der Waals surface area (Å²) in [4.78, 5) is 39.3. The molecule has 0 saturated heterocycles. The van der Waals surface area contributed by atoms with Crippen molar-refractivity contribution >= 4 is 29.4 Å². The smallest absolute Gasteiger partial charge is 0.266 e. The maximum absolute atomic E-state index is 13.4. The van der Waals surface area contributed by atoms with Gasteiger partial charge >= 0.3 is 0 Å². The lowest BCUT2D eigenvalue weighted by molar-refractivity contribution is -0.112. The summed E-state index contributed by atoms with van der Waals surface area (Å²) in [5, 5.41) is 0. The number of fused-ring (bicyclic) bond motifs is 1. The van der Waals surface area contributed by atoms with E-state index in [1.165, 1.54) is 17.9 Å². The van der Waals surface area contributed by atoms with E-state index in [-0.39, 0.29) is 29.4 Å². The van der Waals surface area contributed by atoms with E-state index < -0.39 is 0 Å². The minimum absolute atomic E-state index is 0.113. The summed E-state index contributed by atoms with van der Waals surface area (Å²) in [5.74, 6) is -0.435. The Morgan fingerprint density at radius 1 is 0.893 bits per heavy atom. The summed E-state index contributed by atoms with van der Waals surface area (Å²) in [6.45, 7) is 9.68. The molecule has 0 atom stereocenters. The molecule has 0 aliphatic carbocycles. The standard InChI is InChI=1S/C24H25NO3/c1-14(2)18-9-7-10-19(15(3)4)22(18)25-23(27)20-11-6-8-17(13-12-16(5)26)21(20)24(25)28/h6-15H,1-5H3/b13-12+. The number of benzene rings is 2. The molecule has 0 bridgehead atoms. The summed E-state index contributed by atoms with van der Waals surface area (Å²) in [7, 11) is 0. The lowest BCUT2D eigenvalue weighted by atomic mass is 9.92. The van der Waals surface area contributed by atoms with Gasteiger partial charge in [-0.15, -0.1) is 0 Å². The van der Waals surface area contributed by atoms with Crippen molar-refractivity contribution in [1.82, 2.24) is 0 Å². The van der Waals surface area contributed by atoms with Gasteiger partial charge < -0.3 is 0 Å². The van der Waals surface area contributed by atoms with E-state index in [0.29, 0.717) is 22.4 Å². The van der Waals surface area contributed by atoms with Crippen LogP contribution in [0.5, 0.6) is 0 Å². The quantitative estimate of drug-likeness (QED) is 0.524. The molecule has 4 nitrogen and oxygen atoms in total. The van der Waals surface area contributed by atoms with Gasteiger partial charge in [-0.3, -0.25) is 14.4 Å². The average molecular weight is 375 g/mol. The van der Waals surface area contributed by atoms with Crippen molar-refractivity contribution < 1.29 is 14.4 Å².